The molecule has 25 heavy (non-hydrogen) atoms. The summed E-state index contributed by atoms with van der Waals surface area (Å²) < 4.78 is 12.0. The van der Waals surface area contributed by atoms with Crippen LogP contribution < -0.4 is 0 Å². The number of rotatable bonds is 6. The molecule has 5 heteroatoms. The zero-order chi connectivity index (χ0) is 17.1. The van der Waals surface area contributed by atoms with Crippen molar-refractivity contribution in [3.63, 3.8) is 0 Å². The lowest BCUT2D eigenvalue weighted by molar-refractivity contribution is -0.00219. The Bertz CT molecular complexity index is 790. The van der Waals surface area contributed by atoms with Gasteiger partial charge in [0.05, 0.1) is 12.3 Å². The molecular weight excluding hydrogens is 314 g/mol. The molecule has 5 nitrogen and oxygen atoms in total. The number of nitrogens with zero attached hydrogens (tertiary/aromatic N) is 2. The van der Waals surface area contributed by atoms with E-state index in [-0.39, 0.29) is 0 Å². The van der Waals surface area contributed by atoms with Gasteiger partial charge in [0, 0.05) is 30.6 Å². The maximum Gasteiger partial charge on any atom is 0.153 e. The predicted octanol–water partition coefficient (Wildman–Crippen LogP) is 4.21. The Morgan fingerprint density at radius 3 is 3.16 bits per heavy atom. The number of piperidine rings is 1. The quantitative estimate of drug-likeness (QED) is 0.731. The molecule has 2 aromatic heterocycles. The van der Waals surface area contributed by atoms with Crippen molar-refractivity contribution in [2.75, 3.05) is 19.7 Å². The number of hydrogen-bond donors (Lipinski definition) is 1. The molecule has 3 aromatic rings. The molecule has 0 unspecified atom stereocenters. The van der Waals surface area contributed by atoms with Gasteiger partial charge in [-0.1, -0.05) is 25.1 Å². The van der Waals surface area contributed by atoms with Crippen LogP contribution in [0.25, 0.3) is 22.4 Å². The van der Waals surface area contributed by atoms with Gasteiger partial charge >= 0.3 is 0 Å². The zero-order valence-electron chi connectivity index (χ0n) is 14.7. The van der Waals surface area contributed by atoms with Gasteiger partial charge < -0.3 is 9.15 Å². The van der Waals surface area contributed by atoms with Gasteiger partial charge in [0.25, 0.3) is 0 Å². The van der Waals surface area contributed by atoms with Crippen molar-refractivity contribution in [2.24, 2.45) is 0 Å². The summed E-state index contributed by atoms with van der Waals surface area (Å²) in [6.07, 6.45) is 5.70. The molecular formula is C20H25N3O2. The predicted molar refractivity (Wildman–Crippen MR) is 98.3 cm³/mol. The number of aromatic amines is 1. The van der Waals surface area contributed by atoms with Gasteiger partial charge in [0.15, 0.2) is 5.76 Å². The summed E-state index contributed by atoms with van der Waals surface area (Å²) in [6.45, 7) is 5.98. The van der Waals surface area contributed by atoms with Crippen molar-refractivity contribution in [2.45, 2.75) is 38.8 Å². The largest absolute Gasteiger partial charge is 0.454 e. The zero-order valence-corrected chi connectivity index (χ0v) is 14.7. The molecule has 1 aromatic carbocycles. The number of para-hydroxylation sites is 1. The van der Waals surface area contributed by atoms with Gasteiger partial charge in [-0.2, -0.15) is 5.10 Å². The van der Waals surface area contributed by atoms with E-state index in [1.807, 2.05) is 24.4 Å². The average molecular weight is 339 g/mol. The van der Waals surface area contributed by atoms with Gasteiger partial charge in [0.2, 0.25) is 0 Å². The van der Waals surface area contributed by atoms with E-state index in [1.54, 1.807) is 0 Å². The monoisotopic (exact) mass is 339 g/mol. The summed E-state index contributed by atoms with van der Waals surface area (Å²) in [5.74, 6) is 0.851. The van der Waals surface area contributed by atoms with Crippen LogP contribution in [-0.4, -0.2) is 40.9 Å². The molecule has 132 valence electrons. The standard InChI is InChI=1S/C20H25N3O2/c1-2-10-24-17-7-5-9-23(14-17)13-16-12-21-22-20(16)19-11-15-6-3-4-8-18(15)25-19/h3-4,6,8,11-12,17H,2,5,7,9-10,13-14H2,1H3,(H,21,22)/t17-/m0/s1. The minimum atomic E-state index is 0.357. The summed E-state index contributed by atoms with van der Waals surface area (Å²) in [5.41, 5.74) is 3.06. The first-order valence-electron chi connectivity index (χ1n) is 9.18. The number of fused-ring (bicyclic) bond motifs is 1. The van der Waals surface area contributed by atoms with E-state index in [9.17, 15) is 0 Å². The lowest BCUT2D eigenvalue weighted by Crippen LogP contribution is -2.39. The summed E-state index contributed by atoms with van der Waals surface area (Å²) in [5, 5.41) is 8.49. The topological polar surface area (TPSA) is 54.3 Å². The molecule has 0 radical (unpaired) electrons. The molecule has 1 aliphatic rings. The van der Waals surface area contributed by atoms with Crippen molar-refractivity contribution in [3.05, 3.63) is 42.1 Å². The van der Waals surface area contributed by atoms with E-state index in [4.69, 9.17) is 9.15 Å². The Labute approximate surface area is 148 Å². The lowest BCUT2D eigenvalue weighted by atomic mass is 10.1. The first kappa shape index (κ1) is 16.4. The third-order valence-corrected chi connectivity index (χ3v) is 4.80. The Balaban J connectivity index is 1.49. The number of ether oxygens (including phenoxy) is 1. The van der Waals surface area contributed by atoms with Crippen molar-refractivity contribution < 1.29 is 9.15 Å². The molecule has 0 spiro atoms. The molecule has 1 aliphatic heterocycles. The van der Waals surface area contributed by atoms with Crippen LogP contribution in [0.2, 0.25) is 0 Å². The highest BCUT2D eigenvalue weighted by Gasteiger charge is 2.22. The molecule has 1 fully saturated rings. The van der Waals surface area contributed by atoms with Gasteiger partial charge in [-0.25, -0.2) is 0 Å². The Hall–Kier alpha value is -2.11. The molecule has 1 saturated heterocycles. The fourth-order valence-corrected chi connectivity index (χ4v) is 3.57. The number of benzene rings is 1. The third kappa shape index (κ3) is 3.62. The molecule has 3 heterocycles. The van der Waals surface area contributed by atoms with Crippen LogP contribution in [0, 0.1) is 0 Å². The van der Waals surface area contributed by atoms with Crippen molar-refractivity contribution in [3.8, 4) is 11.5 Å². The van der Waals surface area contributed by atoms with Crippen LogP contribution in [0.4, 0.5) is 0 Å². The van der Waals surface area contributed by atoms with Crippen molar-refractivity contribution >= 4 is 11.0 Å². The summed E-state index contributed by atoms with van der Waals surface area (Å²) >= 11 is 0. The third-order valence-electron chi connectivity index (χ3n) is 4.80. The number of likely N-dealkylation sites (tertiary alicyclic amines) is 1. The summed E-state index contributed by atoms with van der Waals surface area (Å²) in [4.78, 5) is 2.46. The van der Waals surface area contributed by atoms with Crippen molar-refractivity contribution in [1.29, 1.82) is 0 Å². The number of aromatic nitrogens is 2. The van der Waals surface area contributed by atoms with E-state index >= 15 is 0 Å². The second kappa shape index (κ2) is 7.42. The maximum atomic E-state index is 6.00. The van der Waals surface area contributed by atoms with Crippen LogP contribution >= 0.6 is 0 Å². The molecule has 0 bridgehead atoms. The van der Waals surface area contributed by atoms with Crippen LogP contribution in [0.15, 0.2) is 40.9 Å². The first-order valence-corrected chi connectivity index (χ1v) is 9.18. The van der Waals surface area contributed by atoms with E-state index in [0.717, 1.165) is 61.5 Å². The lowest BCUT2D eigenvalue weighted by Gasteiger charge is -2.32. The molecule has 4 rings (SSSR count). The van der Waals surface area contributed by atoms with Gasteiger partial charge in [0.1, 0.15) is 11.3 Å². The van der Waals surface area contributed by atoms with E-state index < -0.39 is 0 Å². The Morgan fingerprint density at radius 2 is 2.28 bits per heavy atom. The van der Waals surface area contributed by atoms with Crippen LogP contribution in [0.1, 0.15) is 31.7 Å². The minimum Gasteiger partial charge on any atom is -0.454 e. The fraction of sp³-hybridized carbons (Fsp3) is 0.450. The van der Waals surface area contributed by atoms with Crippen molar-refractivity contribution in [1.82, 2.24) is 15.1 Å². The SMILES string of the molecule is CCCO[C@H]1CCCN(Cc2cn[nH]c2-c2cc3ccccc3o2)C1. The number of hydrogen-bond acceptors (Lipinski definition) is 4. The average Bonchev–Trinajstić information content (AvgIpc) is 3.26. The van der Waals surface area contributed by atoms with E-state index in [1.165, 1.54) is 12.0 Å². The normalized spacial score (nSPS) is 18.8. The molecule has 0 saturated carbocycles. The van der Waals surface area contributed by atoms with Gasteiger partial charge in [-0.3, -0.25) is 10.00 Å². The number of furan rings is 1. The highest BCUT2D eigenvalue weighted by molar-refractivity contribution is 5.82. The highest BCUT2D eigenvalue weighted by Crippen LogP contribution is 2.29. The van der Waals surface area contributed by atoms with E-state index in [0.29, 0.717) is 6.10 Å². The minimum absolute atomic E-state index is 0.357. The number of H-pyrrole nitrogens is 1. The van der Waals surface area contributed by atoms with Gasteiger partial charge in [-0.15, -0.1) is 0 Å². The Morgan fingerprint density at radius 1 is 1.36 bits per heavy atom. The fourth-order valence-electron chi connectivity index (χ4n) is 3.57. The van der Waals surface area contributed by atoms with Crippen LogP contribution in [0.5, 0.6) is 0 Å². The highest BCUT2D eigenvalue weighted by atomic mass is 16.5. The summed E-state index contributed by atoms with van der Waals surface area (Å²) in [7, 11) is 0. The van der Waals surface area contributed by atoms with Crippen LogP contribution in [-0.2, 0) is 11.3 Å². The molecule has 1 N–H and O–H groups in total. The first-order chi connectivity index (χ1) is 12.3. The summed E-state index contributed by atoms with van der Waals surface area (Å²) in [6, 6.07) is 10.2. The second-order valence-electron chi connectivity index (χ2n) is 6.79. The van der Waals surface area contributed by atoms with Crippen LogP contribution in [0.3, 0.4) is 0 Å². The second-order valence-corrected chi connectivity index (χ2v) is 6.79. The molecule has 0 aliphatic carbocycles. The Kier molecular flexibility index (Phi) is 4.85. The smallest absolute Gasteiger partial charge is 0.153 e. The van der Waals surface area contributed by atoms with Gasteiger partial charge in [-0.05, 0) is 37.9 Å². The molecule has 1 atom stereocenters. The molecule has 0 amide bonds. The number of nitrogens with one attached hydrogen (secondary N) is 1. The maximum absolute atomic E-state index is 6.00. The van der Waals surface area contributed by atoms with E-state index in [2.05, 4.69) is 34.2 Å².